The van der Waals surface area contributed by atoms with E-state index in [1.54, 1.807) is 0 Å². The van der Waals surface area contributed by atoms with E-state index in [-0.39, 0.29) is 0 Å². The predicted octanol–water partition coefficient (Wildman–Crippen LogP) is 5.90. The first kappa shape index (κ1) is 16.5. The molecule has 130 valence electrons. The molecule has 0 bridgehead atoms. The Bertz CT molecular complexity index is 1130. The molecule has 0 aromatic heterocycles. The SMILES string of the molecule is CC1=C(C)[P+](c2ccccc2)(c2ccccc2)c2cccc3cccc1c23. The monoisotopic (exact) mass is 365 g/mol. The minimum absolute atomic E-state index is 1.34. The number of benzene rings is 4. The lowest BCUT2D eigenvalue weighted by molar-refractivity contribution is 1.53. The smallest absolute Gasteiger partial charge is 0.0620 e. The largest absolute Gasteiger partial charge is 0.140 e. The molecule has 4 aromatic carbocycles. The highest BCUT2D eigenvalue weighted by Crippen LogP contribution is 2.67. The van der Waals surface area contributed by atoms with E-state index in [4.69, 9.17) is 0 Å². The van der Waals surface area contributed by atoms with Crippen molar-refractivity contribution in [3.05, 3.63) is 108 Å². The van der Waals surface area contributed by atoms with E-state index >= 15 is 0 Å². The van der Waals surface area contributed by atoms with Crippen molar-refractivity contribution < 1.29 is 0 Å². The summed E-state index contributed by atoms with van der Waals surface area (Å²) in [5, 5.41) is 8.67. The fourth-order valence-electron chi connectivity index (χ4n) is 4.66. The van der Waals surface area contributed by atoms with Crippen LogP contribution in [0.2, 0.25) is 0 Å². The summed E-state index contributed by atoms with van der Waals surface area (Å²) < 4.78 is 0. The maximum atomic E-state index is 2.37. The first-order valence-corrected chi connectivity index (χ1v) is 11.2. The zero-order valence-corrected chi connectivity index (χ0v) is 16.6. The molecule has 0 N–H and O–H groups in total. The van der Waals surface area contributed by atoms with Gasteiger partial charge in [-0.3, -0.25) is 0 Å². The van der Waals surface area contributed by atoms with Gasteiger partial charge in [0.2, 0.25) is 0 Å². The van der Waals surface area contributed by atoms with Crippen LogP contribution < -0.4 is 15.9 Å². The van der Waals surface area contributed by atoms with Gasteiger partial charge >= 0.3 is 0 Å². The van der Waals surface area contributed by atoms with Gasteiger partial charge in [0.1, 0.15) is 23.2 Å². The van der Waals surface area contributed by atoms with Gasteiger partial charge in [0.25, 0.3) is 0 Å². The van der Waals surface area contributed by atoms with E-state index in [0.29, 0.717) is 0 Å². The molecule has 1 aliphatic heterocycles. The van der Waals surface area contributed by atoms with Gasteiger partial charge in [-0.1, -0.05) is 66.7 Å². The first-order valence-electron chi connectivity index (χ1n) is 9.45. The molecule has 0 nitrogen and oxygen atoms in total. The van der Waals surface area contributed by atoms with Gasteiger partial charge in [-0.2, -0.15) is 0 Å². The lowest BCUT2D eigenvalue weighted by Crippen LogP contribution is -2.34. The zero-order valence-electron chi connectivity index (χ0n) is 15.7. The third-order valence-electron chi connectivity index (χ3n) is 5.98. The zero-order chi connectivity index (χ0) is 18.4. The summed E-state index contributed by atoms with van der Waals surface area (Å²) in [6.07, 6.45) is 0. The Morgan fingerprint density at radius 1 is 0.556 bits per heavy atom. The van der Waals surface area contributed by atoms with Gasteiger partial charge in [-0.15, -0.1) is 0 Å². The van der Waals surface area contributed by atoms with Crippen LogP contribution >= 0.6 is 7.26 Å². The number of hydrogen-bond acceptors (Lipinski definition) is 0. The lowest BCUT2D eigenvalue weighted by Gasteiger charge is -2.33. The van der Waals surface area contributed by atoms with Crippen molar-refractivity contribution in [2.24, 2.45) is 0 Å². The van der Waals surface area contributed by atoms with Gasteiger partial charge in [0, 0.05) is 5.39 Å². The van der Waals surface area contributed by atoms with E-state index in [1.165, 1.54) is 43.1 Å². The molecular formula is C26H22P+. The highest BCUT2D eigenvalue weighted by molar-refractivity contribution is 7.99. The van der Waals surface area contributed by atoms with E-state index in [9.17, 15) is 0 Å². The third kappa shape index (κ3) is 2.20. The average Bonchev–Trinajstić information content (AvgIpc) is 2.74. The van der Waals surface area contributed by atoms with E-state index in [0.717, 1.165) is 0 Å². The molecule has 5 rings (SSSR count). The molecule has 4 aromatic rings. The molecule has 0 aliphatic carbocycles. The quantitative estimate of drug-likeness (QED) is 0.388. The molecule has 0 atom stereocenters. The van der Waals surface area contributed by atoms with Gasteiger partial charge in [0.15, 0.2) is 0 Å². The molecule has 27 heavy (non-hydrogen) atoms. The summed E-state index contributed by atoms with van der Waals surface area (Å²) in [7, 11) is -1.87. The van der Waals surface area contributed by atoms with Crippen LogP contribution in [0.15, 0.2) is 102 Å². The van der Waals surface area contributed by atoms with Crippen molar-refractivity contribution >= 4 is 39.5 Å². The third-order valence-corrected chi connectivity index (χ3v) is 10.6. The first-order chi connectivity index (χ1) is 13.2. The molecule has 0 unspecified atom stereocenters. The topological polar surface area (TPSA) is 0 Å². The van der Waals surface area contributed by atoms with Crippen molar-refractivity contribution in [3.63, 3.8) is 0 Å². The molecular weight excluding hydrogens is 343 g/mol. The molecule has 0 amide bonds. The molecule has 0 spiro atoms. The van der Waals surface area contributed by atoms with Crippen LogP contribution in [-0.2, 0) is 0 Å². The molecule has 0 fully saturated rings. The minimum Gasteiger partial charge on any atom is -0.0620 e. The number of hydrogen-bond donors (Lipinski definition) is 0. The molecule has 0 saturated heterocycles. The molecule has 1 heteroatoms. The second kappa shape index (κ2) is 6.19. The Balaban J connectivity index is 2.03. The van der Waals surface area contributed by atoms with Crippen LogP contribution in [0.25, 0.3) is 16.3 Å². The summed E-state index contributed by atoms with van der Waals surface area (Å²) in [6, 6.07) is 35.9. The maximum Gasteiger partial charge on any atom is 0.140 e. The van der Waals surface area contributed by atoms with Crippen LogP contribution in [-0.4, -0.2) is 0 Å². The molecule has 0 radical (unpaired) electrons. The number of allylic oxidation sites excluding steroid dienone is 2. The Morgan fingerprint density at radius 2 is 1.11 bits per heavy atom. The van der Waals surface area contributed by atoms with Crippen LogP contribution in [0.1, 0.15) is 19.4 Å². The van der Waals surface area contributed by atoms with Crippen LogP contribution in [0.3, 0.4) is 0 Å². The highest BCUT2D eigenvalue weighted by Gasteiger charge is 2.51. The molecule has 1 heterocycles. The summed E-state index contributed by atoms with van der Waals surface area (Å²) >= 11 is 0. The minimum atomic E-state index is -1.87. The van der Waals surface area contributed by atoms with Gasteiger partial charge in [0.05, 0.1) is 5.31 Å². The van der Waals surface area contributed by atoms with Crippen molar-refractivity contribution in [1.29, 1.82) is 0 Å². The summed E-state index contributed by atoms with van der Waals surface area (Å²) in [5.74, 6) is 0. The van der Waals surface area contributed by atoms with E-state index < -0.39 is 7.26 Å². The highest BCUT2D eigenvalue weighted by atomic mass is 31.2. The Hall–Kier alpha value is -2.69. The standard InChI is InChI=1S/C26H22P/c1-19-20(2)27(22-13-5-3-6-14-22,23-15-7-4-8-16-23)25-18-10-12-21-11-9-17-24(19)26(21)25/h3-18H,1-2H3/q+1. The number of rotatable bonds is 2. The van der Waals surface area contributed by atoms with Crippen molar-refractivity contribution in [2.45, 2.75) is 13.8 Å². The van der Waals surface area contributed by atoms with Gasteiger partial charge < -0.3 is 0 Å². The van der Waals surface area contributed by atoms with Crippen LogP contribution in [0.5, 0.6) is 0 Å². The Kier molecular flexibility index (Phi) is 3.78. The second-order valence-electron chi connectivity index (χ2n) is 7.23. The summed E-state index contributed by atoms with van der Waals surface area (Å²) in [5.41, 5.74) is 2.82. The van der Waals surface area contributed by atoms with Gasteiger partial charge in [-0.05, 0) is 60.7 Å². The fraction of sp³-hybridized carbons (Fsp3) is 0.0769. The van der Waals surface area contributed by atoms with Crippen molar-refractivity contribution in [3.8, 4) is 0 Å². The van der Waals surface area contributed by atoms with Crippen molar-refractivity contribution in [1.82, 2.24) is 0 Å². The normalized spacial score (nSPS) is 15.2. The summed E-state index contributed by atoms with van der Waals surface area (Å²) in [6.45, 7) is 4.67. The molecule has 1 aliphatic rings. The van der Waals surface area contributed by atoms with Gasteiger partial charge in [-0.25, -0.2) is 0 Å². The van der Waals surface area contributed by atoms with Crippen LogP contribution in [0, 0.1) is 0 Å². The lowest BCUT2D eigenvalue weighted by atomic mass is 9.98. The average molecular weight is 365 g/mol. The molecule has 0 saturated carbocycles. The maximum absolute atomic E-state index is 2.37. The second-order valence-corrected chi connectivity index (χ2v) is 10.8. The van der Waals surface area contributed by atoms with E-state index in [1.807, 2.05) is 0 Å². The van der Waals surface area contributed by atoms with Crippen molar-refractivity contribution in [2.75, 3.05) is 0 Å². The summed E-state index contributed by atoms with van der Waals surface area (Å²) in [4.78, 5) is 0. The van der Waals surface area contributed by atoms with Crippen LogP contribution in [0.4, 0.5) is 0 Å². The Morgan fingerprint density at radius 3 is 1.70 bits per heavy atom. The fourth-order valence-corrected chi connectivity index (χ4v) is 9.41. The van der Waals surface area contributed by atoms with E-state index in [2.05, 4.69) is 111 Å². The Labute approximate surface area is 161 Å². The predicted molar refractivity (Wildman–Crippen MR) is 121 cm³/mol.